The van der Waals surface area contributed by atoms with Gasteiger partial charge >= 0.3 is 6.03 Å². The molecule has 8 nitrogen and oxygen atoms in total. The Hall–Kier alpha value is -3.26. The molecule has 9 heteroatoms. The molecule has 0 aliphatic carbocycles. The van der Waals surface area contributed by atoms with Crippen molar-refractivity contribution in [1.29, 1.82) is 0 Å². The van der Waals surface area contributed by atoms with Crippen molar-refractivity contribution in [3.63, 3.8) is 0 Å². The lowest BCUT2D eigenvalue weighted by Gasteiger charge is -2.41. The van der Waals surface area contributed by atoms with E-state index in [1.807, 2.05) is 18.2 Å². The Balaban J connectivity index is 1.54. The van der Waals surface area contributed by atoms with E-state index in [4.69, 9.17) is 21.1 Å². The number of benzene rings is 2. The molecule has 2 heterocycles. The Kier molecular flexibility index (Phi) is 6.47. The van der Waals surface area contributed by atoms with Gasteiger partial charge in [0.25, 0.3) is 11.8 Å². The number of halogens is 1. The summed E-state index contributed by atoms with van der Waals surface area (Å²) in [6.45, 7) is 0.884. The smallest absolute Gasteiger partial charge is 0.322 e. The van der Waals surface area contributed by atoms with E-state index < -0.39 is 11.6 Å². The Labute approximate surface area is 197 Å². The predicted octanol–water partition coefficient (Wildman–Crippen LogP) is 3.03. The second-order valence-electron chi connectivity index (χ2n) is 8.26. The minimum absolute atomic E-state index is 0.156. The fourth-order valence-corrected chi connectivity index (χ4v) is 5.01. The van der Waals surface area contributed by atoms with Crippen LogP contribution in [0, 0.1) is 5.92 Å². The van der Waals surface area contributed by atoms with Gasteiger partial charge in [0.05, 0.1) is 19.8 Å². The van der Waals surface area contributed by atoms with Crippen molar-refractivity contribution in [2.45, 2.75) is 24.8 Å². The van der Waals surface area contributed by atoms with E-state index in [1.54, 1.807) is 29.2 Å². The maximum Gasteiger partial charge on any atom is 0.322 e. The molecule has 2 aromatic rings. The van der Waals surface area contributed by atoms with Gasteiger partial charge in [-0.1, -0.05) is 35.9 Å². The average molecular weight is 472 g/mol. The van der Waals surface area contributed by atoms with Crippen LogP contribution >= 0.6 is 11.6 Å². The van der Waals surface area contributed by atoms with Crippen LogP contribution in [0.5, 0.6) is 11.5 Å². The number of methoxy groups -OCH3 is 2. The number of amides is 4. The molecule has 1 atom stereocenters. The van der Waals surface area contributed by atoms with Crippen LogP contribution in [0.1, 0.15) is 28.8 Å². The molecule has 2 N–H and O–H groups in total. The van der Waals surface area contributed by atoms with Gasteiger partial charge in [0, 0.05) is 24.5 Å². The van der Waals surface area contributed by atoms with Crippen LogP contribution in [-0.2, 0) is 11.2 Å². The molecule has 0 aromatic heterocycles. The van der Waals surface area contributed by atoms with Crippen molar-refractivity contribution >= 4 is 29.4 Å². The van der Waals surface area contributed by atoms with E-state index in [2.05, 4.69) is 10.6 Å². The number of para-hydroxylation sites is 1. The van der Waals surface area contributed by atoms with Gasteiger partial charge in [-0.3, -0.25) is 14.9 Å². The number of ether oxygens (including phenoxy) is 2. The van der Waals surface area contributed by atoms with Gasteiger partial charge in [-0.25, -0.2) is 4.79 Å². The first-order chi connectivity index (χ1) is 15.9. The van der Waals surface area contributed by atoms with E-state index in [0.717, 1.165) is 5.56 Å². The summed E-state index contributed by atoms with van der Waals surface area (Å²) in [6.07, 6.45) is 1.39. The third kappa shape index (κ3) is 4.23. The number of nitrogens with one attached hydrogen (secondary N) is 2. The van der Waals surface area contributed by atoms with Crippen LogP contribution in [0.15, 0.2) is 42.5 Å². The monoisotopic (exact) mass is 471 g/mol. The van der Waals surface area contributed by atoms with Crippen LogP contribution in [0.2, 0.25) is 5.02 Å². The summed E-state index contributed by atoms with van der Waals surface area (Å²) in [7, 11) is 3.03. The number of urea groups is 1. The number of carbonyl (C=O) groups is 3. The van der Waals surface area contributed by atoms with Crippen LogP contribution < -0.4 is 20.1 Å². The highest BCUT2D eigenvalue weighted by atomic mass is 35.5. The Morgan fingerprint density at radius 2 is 1.82 bits per heavy atom. The predicted molar refractivity (Wildman–Crippen MR) is 123 cm³/mol. The molecular weight excluding hydrogens is 446 g/mol. The van der Waals surface area contributed by atoms with Gasteiger partial charge in [-0.05, 0) is 42.5 Å². The molecule has 4 amide bonds. The number of carbonyl (C=O) groups excluding carboxylic acids is 3. The van der Waals surface area contributed by atoms with Gasteiger partial charge in [-0.15, -0.1) is 0 Å². The largest absolute Gasteiger partial charge is 0.493 e. The van der Waals surface area contributed by atoms with Gasteiger partial charge in [0.15, 0.2) is 11.5 Å². The second kappa shape index (κ2) is 9.31. The first-order valence-electron chi connectivity index (χ1n) is 10.8. The lowest BCUT2D eigenvalue weighted by Crippen LogP contribution is -2.58. The standard InChI is InChI=1S/C24H26ClN3O5/c1-32-19-9-5-7-17(20(19)33-2)21(29)28-12-10-16(11-13-28)24(22(30)26-23(31)27-24)14-15-6-3-4-8-18(15)25/h3-9,16H,10-14H2,1-2H3,(H2,26,27,30,31)/t24-/m0/s1. The Bertz CT molecular complexity index is 1080. The number of likely N-dealkylation sites (tertiary alicyclic amines) is 1. The molecule has 0 radical (unpaired) electrons. The summed E-state index contributed by atoms with van der Waals surface area (Å²) in [5, 5.41) is 5.81. The quantitative estimate of drug-likeness (QED) is 0.631. The number of piperidine rings is 1. The van der Waals surface area contributed by atoms with Gasteiger partial charge < -0.3 is 19.7 Å². The third-order valence-corrected chi connectivity index (χ3v) is 6.88. The van der Waals surface area contributed by atoms with Crippen molar-refractivity contribution < 1.29 is 23.9 Å². The van der Waals surface area contributed by atoms with Gasteiger partial charge in [-0.2, -0.15) is 0 Å². The summed E-state index contributed by atoms with van der Waals surface area (Å²) in [4.78, 5) is 40.0. The van der Waals surface area contributed by atoms with Crippen LogP contribution in [-0.4, -0.2) is 55.6 Å². The fraction of sp³-hybridized carbons (Fsp3) is 0.375. The molecule has 2 aliphatic rings. The topological polar surface area (TPSA) is 97.0 Å². The minimum Gasteiger partial charge on any atom is -0.493 e. The molecule has 4 rings (SSSR count). The average Bonchev–Trinajstić information content (AvgIpc) is 3.12. The molecule has 2 fully saturated rings. The zero-order valence-corrected chi connectivity index (χ0v) is 19.3. The summed E-state index contributed by atoms with van der Waals surface area (Å²) >= 11 is 6.35. The molecule has 2 aromatic carbocycles. The van der Waals surface area contributed by atoms with E-state index in [0.29, 0.717) is 48.0 Å². The third-order valence-electron chi connectivity index (χ3n) is 6.51. The number of hydrogen-bond donors (Lipinski definition) is 2. The van der Waals surface area contributed by atoms with Crippen molar-refractivity contribution in [2.24, 2.45) is 5.92 Å². The first-order valence-corrected chi connectivity index (χ1v) is 11.1. The highest BCUT2D eigenvalue weighted by Gasteiger charge is 2.52. The number of nitrogens with zero attached hydrogens (tertiary/aromatic N) is 1. The second-order valence-corrected chi connectivity index (χ2v) is 8.66. The lowest BCUT2D eigenvalue weighted by molar-refractivity contribution is -0.126. The molecule has 33 heavy (non-hydrogen) atoms. The van der Waals surface area contributed by atoms with Crippen molar-refractivity contribution in [3.05, 3.63) is 58.6 Å². The molecule has 0 saturated carbocycles. The molecule has 2 saturated heterocycles. The maximum absolute atomic E-state index is 13.2. The fourth-order valence-electron chi connectivity index (χ4n) is 4.80. The van der Waals surface area contributed by atoms with E-state index in [1.165, 1.54) is 14.2 Å². The van der Waals surface area contributed by atoms with E-state index in [-0.39, 0.29) is 24.2 Å². The molecule has 0 spiro atoms. The van der Waals surface area contributed by atoms with Gasteiger partial charge in [0.2, 0.25) is 0 Å². The van der Waals surface area contributed by atoms with E-state index >= 15 is 0 Å². The highest BCUT2D eigenvalue weighted by Crippen LogP contribution is 2.37. The van der Waals surface area contributed by atoms with Crippen molar-refractivity contribution in [1.82, 2.24) is 15.5 Å². The highest BCUT2D eigenvalue weighted by molar-refractivity contribution is 6.31. The Morgan fingerprint density at radius 3 is 2.42 bits per heavy atom. The molecule has 174 valence electrons. The summed E-state index contributed by atoms with van der Waals surface area (Å²) in [5.41, 5.74) is 0.106. The number of rotatable bonds is 6. The summed E-state index contributed by atoms with van der Waals surface area (Å²) in [5.74, 6) is 0.208. The molecule has 2 aliphatic heterocycles. The SMILES string of the molecule is COc1cccc(C(=O)N2CCC([C@]3(Cc4ccccc4Cl)NC(=O)NC3=O)CC2)c1OC. The van der Waals surface area contributed by atoms with Crippen molar-refractivity contribution in [2.75, 3.05) is 27.3 Å². The van der Waals surface area contributed by atoms with Crippen LogP contribution in [0.4, 0.5) is 4.79 Å². The van der Waals surface area contributed by atoms with E-state index in [9.17, 15) is 14.4 Å². The van der Waals surface area contributed by atoms with Crippen LogP contribution in [0.3, 0.4) is 0 Å². The van der Waals surface area contributed by atoms with Gasteiger partial charge in [0.1, 0.15) is 5.54 Å². The number of imide groups is 1. The minimum atomic E-state index is -1.11. The first kappa shape index (κ1) is 22.9. The normalized spacial score (nSPS) is 20.9. The zero-order valence-electron chi connectivity index (χ0n) is 18.5. The molecular formula is C24H26ClN3O5. The number of hydrogen-bond acceptors (Lipinski definition) is 5. The van der Waals surface area contributed by atoms with Crippen LogP contribution in [0.25, 0.3) is 0 Å². The zero-order chi connectivity index (χ0) is 23.6. The molecule has 0 bridgehead atoms. The maximum atomic E-state index is 13.2. The lowest BCUT2D eigenvalue weighted by atomic mass is 9.74. The summed E-state index contributed by atoms with van der Waals surface area (Å²) < 4.78 is 10.7. The molecule has 0 unspecified atom stereocenters. The van der Waals surface area contributed by atoms with Crippen molar-refractivity contribution in [3.8, 4) is 11.5 Å². The Morgan fingerprint density at radius 1 is 1.09 bits per heavy atom. The summed E-state index contributed by atoms with van der Waals surface area (Å²) in [6, 6.07) is 12.0.